The molecule has 1 aromatic carbocycles. The highest BCUT2D eigenvalue weighted by molar-refractivity contribution is 9.10. The highest BCUT2D eigenvalue weighted by Crippen LogP contribution is 2.27. The Morgan fingerprint density at radius 3 is 2.45 bits per heavy atom. The first-order valence-corrected chi connectivity index (χ1v) is 7.84. The van der Waals surface area contributed by atoms with Gasteiger partial charge in [-0.3, -0.25) is 10.1 Å². The first-order valence-electron chi connectivity index (χ1n) is 5.19. The third-order valence-electron chi connectivity index (χ3n) is 2.24. The van der Waals surface area contributed by atoms with Gasteiger partial charge in [-0.1, -0.05) is 11.6 Å². The summed E-state index contributed by atoms with van der Waals surface area (Å²) in [7, 11) is -3.79. The second-order valence-corrected chi connectivity index (χ2v) is 6.59. The Balaban J connectivity index is 2.30. The Labute approximate surface area is 128 Å². The Bertz CT molecular complexity index is 723. The molecule has 2 aromatic rings. The number of aromatic nitrogens is 2. The Hall–Kier alpha value is -1.42. The van der Waals surface area contributed by atoms with Gasteiger partial charge in [-0.05, 0) is 34.1 Å². The number of nitrogens with zero attached hydrogens (tertiary/aromatic N) is 2. The van der Waals surface area contributed by atoms with E-state index in [0.717, 1.165) is 12.4 Å². The van der Waals surface area contributed by atoms with Crippen LogP contribution in [0.1, 0.15) is 0 Å². The van der Waals surface area contributed by atoms with Crippen molar-refractivity contribution in [2.75, 3.05) is 10.1 Å². The van der Waals surface area contributed by atoms with Crippen LogP contribution in [0, 0.1) is 0 Å². The van der Waals surface area contributed by atoms with Crippen molar-refractivity contribution in [1.82, 2.24) is 9.97 Å². The molecule has 0 aliphatic rings. The van der Waals surface area contributed by atoms with E-state index in [-0.39, 0.29) is 10.8 Å². The van der Waals surface area contributed by atoms with Crippen molar-refractivity contribution >= 4 is 49.2 Å². The predicted molar refractivity (Wildman–Crippen MR) is 79.8 cm³/mol. The molecule has 4 N–H and O–H groups in total. The van der Waals surface area contributed by atoms with Crippen LogP contribution < -0.4 is 16.0 Å². The van der Waals surface area contributed by atoms with Crippen molar-refractivity contribution in [2.45, 2.75) is 4.90 Å². The summed E-state index contributed by atoms with van der Waals surface area (Å²) in [4.78, 5) is 7.40. The SMILES string of the molecule is NNc1ncc(S(=O)(=O)Nc2ccc(Cl)cc2Br)cn1. The van der Waals surface area contributed by atoms with Gasteiger partial charge >= 0.3 is 0 Å². The number of hydrogen-bond donors (Lipinski definition) is 3. The molecule has 0 bridgehead atoms. The van der Waals surface area contributed by atoms with E-state index in [1.807, 2.05) is 0 Å². The zero-order valence-electron chi connectivity index (χ0n) is 9.84. The van der Waals surface area contributed by atoms with Crippen LogP contribution in [-0.2, 0) is 10.0 Å². The van der Waals surface area contributed by atoms with Crippen molar-refractivity contribution in [3.05, 3.63) is 40.1 Å². The maximum absolute atomic E-state index is 12.1. The second kappa shape index (κ2) is 5.92. The first-order chi connectivity index (χ1) is 9.42. The van der Waals surface area contributed by atoms with Crippen molar-refractivity contribution in [3.8, 4) is 0 Å². The lowest BCUT2D eigenvalue weighted by atomic mass is 10.3. The summed E-state index contributed by atoms with van der Waals surface area (Å²) in [5, 5.41) is 0.488. The van der Waals surface area contributed by atoms with Crippen LogP contribution in [-0.4, -0.2) is 18.4 Å². The van der Waals surface area contributed by atoms with Gasteiger partial charge in [0.1, 0.15) is 4.90 Å². The van der Waals surface area contributed by atoms with Gasteiger partial charge in [0.05, 0.1) is 18.1 Å². The van der Waals surface area contributed by atoms with E-state index >= 15 is 0 Å². The molecule has 0 aliphatic heterocycles. The van der Waals surface area contributed by atoms with Crippen LogP contribution in [0.2, 0.25) is 5.02 Å². The molecule has 0 saturated carbocycles. The molecule has 0 unspecified atom stereocenters. The lowest BCUT2D eigenvalue weighted by Gasteiger charge is -2.09. The minimum absolute atomic E-state index is 0.0849. The van der Waals surface area contributed by atoms with Crippen LogP contribution in [0.25, 0.3) is 0 Å². The number of rotatable bonds is 4. The molecule has 0 saturated heterocycles. The molecule has 7 nitrogen and oxygen atoms in total. The van der Waals surface area contributed by atoms with E-state index in [9.17, 15) is 8.42 Å². The van der Waals surface area contributed by atoms with Crippen molar-refractivity contribution in [1.29, 1.82) is 0 Å². The van der Waals surface area contributed by atoms with E-state index < -0.39 is 10.0 Å². The molecule has 106 valence electrons. The molecule has 0 radical (unpaired) electrons. The van der Waals surface area contributed by atoms with Gasteiger partial charge in [-0.25, -0.2) is 24.2 Å². The number of nitrogen functional groups attached to an aromatic ring is 1. The smallest absolute Gasteiger partial charge is 0.265 e. The maximum Gasteiger partial charge on any atom is 0.265 e. The zero-order chi connectivity index (χ0) is 14.8. The number of anilines is 2. The average Bonchev–Trinajstić information content (AvgIpc) is 2.42. The molecule has 0 amide bonds. The molecule has 1 aromatic heterocycles. The van der Waals surface area contributed by atoms with E-state index in [2.05, 4.69) is 36.0 Å². The summed E-state index contributed by atoms with van der Waals surface area (Å²) in [6, 6.07) is 4.69. The van der Waals surface area contributed by atoms with E-state index in [0.29, 0.717) is 15.2 Å². The molecule has 0 spiro atoms. The number of hydrazine groups is 1. The summed E-state index contributed by atoms with van der Waals surface area (Å²) in [6.45, 7) is 0. The number of sulfonamides is 1. The number of halogens is 2. The van der Waals surface area contributed by atoms with Gasteiger partial charge in [0.15, 0.2) is 0 Å². The van der Waals surface area contributed by atoms with E-state index in [1.165, 1.54) is 0 Å². The van der Waals surface area contributed by atoms with Crippen LogP contribution in [0.4, 0.5) is 11.6 Å². The van der Waals surface area contributed by atoms with Gasteiger partial charge in [0.2, 0.25) is 5.95 Å². The fraction of sp³-hybridized carbons (Fsp3) is 0. The standard InChI is InChI=1S/C10H9BrClN5O2S/c11-8-3-6(12)1-2-9(8)17-20(18,19)7-4-14-10(16-13)15-5-7/h1-5,17H,13H2,(H,14,15,16). The zero-order valence-corrected chi connectivity index (χ0v) is 13.0. The number of benzene rings is 1. The molecule has 1 heterocycles. The topological polar surface area (TPSA) is 110 Å². The van der Waals surface area contributed by atoms with Crippen LogP contribution >= 0.6 is 27.5 Å². The monoisotopic (exact) mass is 377 g/mol. The van der Waals surface area contributed by atoms with Crippen molar-refractivity contribution in [3.63, 3.8) is 0 Å². The molecular formula is C10H9BrClN5O2S. The van der Waals surface area contributed by atoms with Crippen molar-refractivity contribution < 1.29 is 8.42 Å². The quantitative estimate of drug-likeness (QED) is 0.554. The highest BCUT2D eigenvalue weighted by Gasteiger charge is 2.16. The lowest BCUT2D eigenvalue weighted by Crippen LogP contribution is -2.15. The Morgan fingerprint density at radius 2 is 1.90 bits per heavy atom. The lowest BCUT2D eigenvalue weighted by molar-refractivity contribution is 0.600. The fourth-order valence-corrected chi connectivity index (χ4v) is 3.19. The summed E-state index contributed by atoms with van der Waals surface area (Å²) < 4.78 is 27.2. The molecular weight excluding hydrogens is 370 g/mol. The van der Waals surface area contributed by atoms with Crippen LogP contribution in [0.3, 0.4) is 0 Å². The molecule has 20 heavy (non-hydrogen) atoms. The van der Waals surface area contributed by atoms with Gasteiger partial charge in [-0.15, -0.1) is 0 Å². The third-order valence-corrected chi connectivity index (χ3v) is 4.45. The molecule has 0 atom stereocenters. The minimum Gasteiger partial charge on any atom is -0.292 e. The Kier molecular flexibility index (Phi) is 4.43. The maximum atomic E-state index is 12.1. The minimum atomic E-state index is -3.79. The summed E-state index contributed by atoms with van der Waals surface area (Å²) in [5.41, 5.74) is 2.57. The van der Waals surface area contributed by atoms with Crippen LogP contribution in [0.15, 0.2) is 40.0 Å². The summed E-state index contributed by atoms with van der Waals surface area (Å²) in [6.07, 6.45) is 2.29. The largest absolute Gasteiger partial charge is 0.292 e. The Morgan fingerprint density at radius 1 is 1.25 bits per heavy atom. The normalized spacial score (nSPS) is 11.2. The van der Waals surface area contributed by atoms with E-state index in [4.69, 9.17) is 17.4 Å². The summed E-state index contributed by atoms with van der Waals surface area (Å²) in [5.74, 6) is 5.23. The second-order valence-electron chi connectivity index (χ2n) is 3.62. The number of nitrogens with two attached hydrogens (primary N) is 1. The van der Waals surface area contributed by atoms with E-state index in [1.54, 1.807) is 18.2 Å². The average molecular weight is 379 g/mol. The number of hydrogen-bond acceptors (Lipinski definition) is 6. The summed E-state index contributed by atoms with van der Waals surface area (Å²) >= 11 is 9.02. The van der Waals surface area contributed by atoms with Gasteiger partial charge in [-0.2, -0.15) is 0 Å². The molecule has 2 rings (SSSR count). The van der Waals surface area contributed by atoms with Gasteiger partial charge in [0.25, 0.3) is 10.0 Å². The van der Waals surface area contributed by atoms with Gasteiger partial charge < -0.3 is 0 Å². The first kappa shape index (κ1) is 15.0. The third kappa shape index (κ3) is 3.37. The molecule has 10 heteroatoms. The highest BCUT2D eigenvalue weighted by atomic mass is 79.9. The van der Waals surface area contributed by atoms with Crippen molar-refractivity contribution in [2.24, 2.45) is 5.84 Å². The predicted octanol–water partition coefficient (Wildman–Crippen LogP) is 1.98. The number of nitrogens with one attached hydrogen (secondary N) is 2. The molecule has 0 fully saturated rings. The van der Waals surface area contributed by atoms with Crippen LogP contribution in [0.5, 0.6) is 0 Å². The fourth-order valence-electron chi connectivity index (χ4n) is 1.31. The molecule has 0 aliphatic carbocycles. The van der Waals surface area contributed by atoms with Gasteiger partial charge in [0, 0.05) is 9.50 Å².